The van der Waals surface area contributed by atoms with Crippen LogP contribution in [0.3, 0.4) is 0 Å². The second kappa shape index (κ2) is 11.5. The molecule has 0 saturated heterocycles. The Morgan fingerprint density at radius 2 is 1.46 bits per heavy atom. The molecule has 0 aliphatic heterocycles. The van der Waals surface area contributed by atoms with Crippen molar-refractivity contribution in [3.05, 3.63) is 110 Å². The van der Waals surface area contributed by atoms with Crippen LogP contribution in [0.25, 0.3) is 33.3 Å². The average molecular weight is 711 g/mol. The highest BCUT2D eigenvalue weighted by Gasteiger charge is 2.20. The highest BCUT2D eigenvalue weighted by atomic mass is 127. The van der Waals surface area contributed by atoms with E-state index in [0.29, 0.717) is 6.54 Å². The second-order valence-corrected chi connectivity index (χ2v) is 10.8. The van der Waals surface area contributed by atoms with E-state index in [1.165, 1.54) is 0 Å². The molecule has 0 bridgehead atoms. The van der Waals surface area contributed by atoms with Crippen LogP contribution in [0.2, 0.25) is 0 Å². The van der Waals surface area contributed by atoms with Crippen molar-refractivity contribution in [3.8, 4) is 28.1 Å². The van der Waals surface area contributed by atoms with Crippen molar-refractivity contribution in [2.75, 3.05) is 0 Å². The monoisotopic (exact) mass is 711 g/mol. The molecular weight excluding hydrogens is 688 g/mol. The molecule has 1 aromatic heterocycles. The Hall–Kier alpha value is -3.18. The van der Waals surface area contributed by atoms with Crippen molar-refractivity contribution >= 4 is 68.2 Å². The first-order valence-corrected chi connectivity index (χ1v) is 13.9. The maximum atomic E-state index is 12.8. The zero-order chi connectivity index (χ0) is 25.8. The first-order chi connectivity index (χ1) is 18.0. The molecule has 0 aliphatic rings. The lowest BCUT2D eigenvalue weighted by Crippen LogP contribution is -2.19. The quantitative estimate of drug-likeness (QED) is 0.105. The van der Waals surface area contributed by atoms with E-state index in [4.69, 9.17) is 0 Å². The number of benzene rings is 4. The Morgan fingerprint density at radius 1 is 0.865 bits per heavy atom. The van der Waals surface area contributed by atoms with Gasteiger partial charge in [-0.1, -0.05) is 78.9 Å². The van der Waals surface area contributed by atoms with Crippen LogP contribution in [0.5, 0.6) is 5.75 Å². The summed E-state index contributed by atoms with van der Waals surface area (Å²) in [6, 6.07) is 32.7. The minimum Gasteiger partial charge on any atom is -0.506 e. The van der Waals surface area contributed by atoms with Crippen molar-refractivity contribution in [2.24, 2.45) is 5.10 Å². The molecule has 0 aliphatic carbocycles. The highest BCUT2D eigenvalue weighted by molar-refractivity contribution is 14.1. The van der Waals surface area contributed by atoms with Gasteiger partial charge < -0.3 is 9.67 Å². The molecule has 37 heavy (non-hydrogen) atoms. The van der Waals surface area contributed by atoms with Crippen molar-refractivity contribution < 1.29 is 9.90 Å². The molecular formula is C30H23I2N3O2. The fourth-order valence-electron chi connectivity index (χ4n) is 4.44. The molecule has 7 heteroatoms. The standard InChI is InChI=1S/C30H23I2N3O2/c31-24-17-20(18-25(32)30(24)37)19-33-34-27(36)15-16-35-26-14-8-7-13-23(26)28(21-9-3-1-4-10-21)29(35)22-11-5-2-6-12-22/h1-14,17-19,37H,15-16H2,(H,34,36)/b33-19-. The summed E-state index contributed by atoms with van der Waals surface area (Å²) in [6.07, 6.45) is 1.87. The Labute approximate surface area is 242 Å². The molecule has 1 amide bonds. The summed E-state index contributed by atoms with van der Waals surface area (Å²) in [7, 11) is 0. The van der Waals surface area contributed by atoms with Gasteiger partial charge in [0.2, 0.25) is 5.91 Å². The molecule has 0 fully saturated rings. The Kier molecular flexibility index (Phi) is 7.90. The first kappa shape index (κ1) is 25.5. The summed E-state index contributed by atoms with van der Waals surface area (Å²) < 4.78 is 3.71. The minimum absolute atomic E-state index is 0.169. The molecule has 0 atom stereocenters. The van der Waals surface area contributed by atoms with Gasteiger partial charge in [0.25, 0.3) is 0 Å². The number of rotatable bonds is 7. The maximum absolute atomic E-state index is 12.8. The first-order valence-electron chi connectivity index (χ1n) is 11.7. The van der Waals surface area contributed by atoms with E-state index in [-0.39, 0.29) is 18.1 Å². The molecule has 2 N–H and O–H groups in total. The van der Waals surface area contributed by atoms with Gasteiger partial charge in [-0.2, -0.15) is 5.10 Å². The lowest BCUT2D eigenvalue weighted by atomic mass is 9.98. The Bertz CT molecular complexity index is 1570. The molecule has 184 valence electrons. The summed E-state index contributed by atoms with van der Waals surface area (Å²) in [5.41, 5.74) is 9.05. The van der Waals surface area contributed by atoms with E-state index in [2.05, 4.69) is 115 Å². The molecule has 0 radical (unpaired) electrons. The Morgan fingerprint density at radius 3 is 2.14 bits per heavy atom. The number of aromatic nitrogens is 1. The number of hydrazone groups is 1. The van der Waals surface area contributed by atoms with E-state index >= 15 is 0 Å². The number of carbonyl (C=O) groups excluding carboxylic acids is 1. The number of para-hydroxylation sites is 1. The van der Waals surface area contributed by atoms with Crippen LogP contribution in [-0.4, -0.2) is 21.8 Å². The van der Waals surface area contributed by atoms with Crippen LogP contribution in [-0.2, 0) is 11.3 Å². The number of hydrogen-bond acceptors (Lipinski definition) is 3. The zero-order valence-corrected chi connectivity index (χ0v) is 24.0. The van der Waals surface area contributed by atoms with Gasteiger partial charge >= 0.3 is 0 Å². The third-order valence-electron chi connectivity index (χ3n) is 6.09. The fraction of sp³-hybridized carbons (Fsp3) is 0.0667. The lowest BCUT2D eigenvalue weighted by molar-refractivity contribution is -0.121. The zero-order valence-electron chi connectivity index (χ0n) is 19.7. The van der Waals surface area contributed by atoms with Gasteiger partial charge in [-0.3, -0.25) is 4.79 Å². The third kappa shape index (κ3) is 5.57. The van der Waals surface area contributed by atoms with Gasteiger partial charge in [-0.15, -0.1) is 0 Å². The van der Waals surface area contributed by atoms with Crippen LogP contribution in [0, 0.1) is 7.14 Å². The summed E-state index contributed by atoms with van der Waals surface area (Å²) in [4.78, 5) is 12.8. The van der Waals surface area contributed by atoms with E-state index in [9.17, 15) is 9.90 Å². The summed E-state index contributed by atoms with van der Waals surface area (Å²) in [5.74, 6) is 0.0860. The SMILES string of the molecule is O=C(CCn1c(-c2ccccc2)c(-c2ccccc2)c2ccccc21)N/N=C\c1cc(I)c(O)c(I)c1. The highest BCUT2D eigenvalue weighted by Crippen LogP contribution is 2.41. The van der Waals surface area contributed by atoms with Gasteiger partial charge in [-0.05, 0) is 80.1 Å². The molecule has 5 rings (SSSR count). The summed E-state index contributed by atoms with van der Waals surface area (Å²) >= 11 is 4.15. The van der Waals surface area contributed by atoms with E-state index in [0.717, 1.165) is 46.0 Å². The number of aryl methyl sites for hydroxylation is 1. The molecule has 5 aromatic rings. The molecule has 5 nitrogen and oxygen atoms in total. The van der Waals surface area contributed by atoms with Crippen LogP contribution in [0.1, 0.15) is 12.0 Å². The molecule has 1 heterocycles. The number of carbonyl (C=O) groups is 1. The topological polar surface area (TPSA) is 66.6 Å². The predicted molar refractivity (Wildman–Crippen MR) is 167 cm³/mol. The van der Waals surface area contributed by atoms with E-state index < -0.39 is 0 Å². The van der Waals surface area contributed by atoms with Crippen LogP contribution < -0.4 is 5.43 Å². The smallest absolute Gasteiger partial charge is 0.241 e. The van der Waals surface area contributed by atoms with Gasteiger partial charge in [0.05, 0.1) is 19.0 Å². The molecule has 0 unspecified atom stereocenters. The minimum atomic E-state index is -0.169. The summed E-state index contributed by atoms with van der Waals surface area (Å²) in [6.45, 7) is 0.508. The van der Waals surface area contributed by atoms with Gasteiger partial charge in [-0.25, -0.2) is 5.43 Å². The van der Waals surface area contributed by atoms with E-state index in [1.54, 1.807) is 6.21 Å². The Balaban J connectivity index is 1.45. The number of hydrogen-bond donors (Lipinski definition) is 2. The number of fused-ring (bicyclic) bond motifs is 1. The van der Waals surface area contributed by atoms with Crippen LogP contribution in [0.4, 0.5) is 0 Å². The lowest BCUT2D eigenvalue weighted by Gasteiger charge is -2.13. The average Bonchev–Trinajstić information content (AvgIpc) is 3.26. The van der Waals surface area contributed by atoms with E-state index in [1.807, 2.05) is 42.5 Å². The number of phenolic OH excluding ortho intramolecular Hbond substituents is 1. The number of nitrogens with zero attached hydrogens (tertiary/aromatic N) is 2. The predicted octanol–water partition coefficient (Wildman–Crippen LogP) is 7.43. The van der Waals surface area contributed by atoms with Crippen molar-refractivity contribution in [1.29, 1.82) is 0 Å². The number of nitrogens with one attached hydrogen (secondary N) is 1. The van der Waals surface area contributed by atoms with Crippen LogP contribution >= 0.6 is 45.2 Å². The fourth-order valence-corrected chi connectivity index (χ4v) is 6.25. The largest absolute Gasteiger partial charge is 0.506 e. The number of phenols is 1. The van der Waals surface area contributed by atoms with Crippen LogP contribution in [0.15, 0.2) is 102 Å². The number of aromatic hydroxyl groups is 1. The van der Waals surface area contributed by atoms with Gasteiger partial charge in [0.1, 0.15) is 5.75 Å². The van der Waals surface area contributed by atoms with Crippen molar-refractivity contribution in [3.63, 3.8) is 0 Å². The number of amides is 1. The number of halogens is 2. The van der Waals surface area contributed by atoms with Crippen molar-refractivity contribution in [2.45, 2.75) is 13.0 Å². The van der Waals surface area contributed by atoms with Crippen molar-refractivity contribution in [1.82, 2.24) is 9.99 Å². The van der Waals surface area contributed by atoms with Gasteiger partial charge in [0.15, 0.2) is 0 Å². The summed E-state index contributed by atoms with van der Waals surface area (Å²) in [5, 5.41) is 15.2. The molecule has 4 aromatic carbocycles. The third-order valence-corrected chi connectivity index (χ3v) is 7.73. The second-order valence-electron chi connectivity index (χ2n) is 8.50. The molecule has 0 saturated carbocycles. The van der Waals surface area contributed by atoms with Gasteiger partial charge in [0, 0.05) is 29.4 Å². The maximum Gasteiger partial charge on any atom is 0.241 e. The normalized spacial score (nSPS) is 11.3. The molecule has 0 spiro atoms.